The number of carbonyl (C=O) groups excluding carboxylic acids is 2. The summed E-state index contributed by atoms with van der Waals surface area (Å²) in [6.45, 7) is 2.92. The zero-order chi connectivity index (χ0) is 15.0. The van der Waals surface area contributed by atoms with Crippen molar-refractivity contribution in [1.82, 2.24) is 16.0 Å². The Labute approximate surface area is 118 Å². The monoisotopic (exact) mass is 285 g/mol. The highest BCUT2D eigenvalue weighted by molar-refractivity contribution is 5.79. The topological polar surface area (TPSA) is 108 Å². The van der Waals surface area contributed by atoms with Gasteiger partial charge in [0.2, 0.25) is 5.91 Å². The summed E-state index contributed by atoms with van der Waals surface area (Å²) in [5.74, 6) is -0.494. The number of rotatable bonds is 8. The highest BCUT2D eigenvalue weighted by Crippen LogP contribution is 2.09. The molecule has 0 aromatic heterocycles. The number of carboxylic acids is 1. The van der Waals surface area contributed by atoms with E-state index in [4.69, 9.17) is 5.11 Å². The van der Waals surface area contributed by atoms with Crippen LogP contribution in [0.4, 0.5) is 4.79 Å². The van der Waals surface area contributed by atoms with Crippen molar-refractivity contribution in [2.75, 3.05) is 13.1 Å². The van der Waals surface area contributed by atoms with E-state index < -0.39 is 5.97 Å². The molecule has 1 heterocycles. The van der Waals surface area contributed by atoms with E-state index in [-0.39, 0.29) is 30.3 Å². The fourth-order valence-corrected chi connectivity index (χ4v) is 2.06. The molecule has 0 spiro atoms. The summed E-state index contributed by atoms with van der Waals surface area (Å²) < 4.78 is 0. The highest BCUT2D eigenvalue weighted by Gasteiger charge is 2.20. The number of nitrogens with one attached hydrogen (secondary N) is 3. The number of hydrogen-bond donors (Lipinski definition) is 4. The second-order valence-corrected chi connectivity index (χ2v) is 5.27. The molecule has 7 nitrogen and oxygen atoms in total. The van der Waals surface area contributed by atoms with Crippen molar-refractivity contribution in [3.8, 4) is 0 Å². The second kappa shape index (κ2) is 8.39. The van der Waals surface area contributed by atoms with E-state index in [9.17, 15) is 14.4 Å². The van der Waals surface area contributed by atoms with Gasteiger partial charge < -0.3 is 21.1 Å². The standard InChI is InChI=1S/C13H23N3O4/c1-9(2-5-12(18)19)6-7-14-13(20)15-8-10-3-4-11(17)16-10/h9-10H,2-8H2,1H3,(H,16,17)(H,18,19)(H2,14,15,20). The smallest absolute Gasteiger partial charge is 0.314 e. The van der Waals surface area contributed by atoms with Crippen LogP contribution in [0, 0.1) is 5.92 Å². The number of aliphatic carboxylic acids is 1. The number of urea groups is 1. The fourth-order valence-electron chi connectivity index (χ4n) is 2.06. The lowest BCUT2D eigenvalue weighted by atomic mass is 10.0. The zero-order valence-electron chi connectivity index (χ0n) is 11.8. The first kappa shape index (κ1) is 16.3. The Hall–Kier alpha value is -1.79. The SMILES string of the molecule is CC(CCNC(=O)NCC1CCC(=O)N1)CCC(=O)O. The van der Waals surface area contributed by atoms with E-state index in [1.165, 1.54) is 0 Å². The molecule has 1 saturated heterocycles. The van der Waals surface area contributed by atoms with Crippen molar-refractivity contribution >= 4 is 17.9 Å². The zero-order valence-corrected chi connectivity index (χ0v) is 11.8. The number of carbonyl (C=O) groups is 3. The molecular formula is C13H23N3O4. The summed E-state index contributed by atoms with van der Waals surface area (Å²) in [6, 6.07) is -0.223. The van der Waals surface area contributed by atoms with E-state index in [0.717, 1.165) is 12.8 Å². The summed E-state index contributed by atoms with van der Waals surface area (Å²) in [5, 5.41) is 16.8. The molecule has 0 aromatic carbocycles. The number of hydrogen-bond acceptors (Lipinski definition) is 3. The van der Waals surface area contributed by atoms with Crippen LogP contribution in [0.15, 0.2) is 0 Å². The summed E-state index contributed by atoms with van der Waals surface area (Å²) >= 11 is 0. The average Bonchev–Trinajstić information content (AvgIpc) is 2.80. The van der Waals surface area contributed by atoms with E-state index in [1.54, 1.807) is 0 Å². The molecule has 1 rings (SSSR count). The summed E-state index contributed by atoms with van der Waals surface area (Å²) in [5.41, 5.74) is 0. The average molecular weight is 285 g/mol. The first-order valence-electron chi connectivity index (χ1n) is 7.00. The van der Waals surface area contributed by atoms with Crippen LogP contribution in [-0.4, -0.2) is 42.1 Å². The third kappa shape index (κ3) is 6.96. The molecule has 2 atom stereocenters. The second-order valence-electron chi connectivity index (χ2n) is 5.27. The predicted molar refractivity (Wildman–Crippen MR) is 73.2 cm³/mol. The van der Waals surface area contributed by atoms with Crippen LogP contribution >= 0.6 is 0 Å². The van der Waals surface area contributed by atoms with E-state index >= 15 is 0 Å². The van der Waals surface area contributed by atoms with Gasteiger partial charge in [-0.3, -0.25) is 9.59 Å². The Bertz CT molecular complexity index is 360. The van der Waals surface area contributed by atoms with E-state index in [2.05, 4.69) is 16.0 Å². The van der Waals surface area contributed by atoms with Crippen molar-refractivity contribution in [3.63, 3.8) is 0 Å². The third-order valence-corrected chi connectivity index (χ3v) is 3.37. The van der Waals surface area contributed by atoms with Crippen molar-refractivity contribution in [2.24, 2.45) is 5.92 Å². The van der Waals surface area contributed by atoms with Crippen molar-refractivity contribution in [2.45, 2.75) is 45.1 Å². The highest BCUT2D eigenvalue weighted by atomic mass is 16.4. The predicted octanol–water partition coefficient (Wildman–Crippen LogP) is 0.455. The van der Waals surface area contributed by atoms with Gasteiger partial charge in [-0.25, -0.2) is 4.79 Å². The van der Waals surface area contributed by atoms with Crippen LogP contribution in [0.2, 0.25) is 0 Å². The fraction of sp³-hybridized carbons (Fsp3) is 0.769. The maximum Gasteiger partial charge on any atom is 0.314 e. The van der Waals surface area contributed by atoms with Gasteiger partial charge in [-0.1, -0.05) is 6.92 Å². The molecule has 3 amide bonds. The quantitative estimate of drug-likeness (QED) is 0.519. The van der Waals surface area contributed by atoms with Crippen LogP contribution < -0.4 is 16.0 Å². The molecule has 0 aliphatic carbocycles. The number of carboxylic acid groups (broad SMARTS) is 1. The van der Waals surface area contributed by atoms with Gasteiger partial charge in [-0.2, -0.15) is 0 Å². The minimum atomic E-state index is -0.791. The molecule has 1 aliphatic rings. The molecule has 1 aliphatic heterocycles. The largest absolute Gasteiger partial charge is 0.481 e. The molecule has 7 heteroatoms. The van der Waals surface area contributed by atoms with Gasteiger partial charge in [0.1, 0.15) is 0 Å². The summed E-state index contributed by atoms with van der Waals surface area (Å²) in [7, 11) is 0. The Morgan fingerprint density at radius 1 is 1.40 bits per heavy atom. The van der Waals surface area contributed by atoms with Crippen molar-refractivity contribution < 1.29 is 19.5 Å². The lowest BCUT2D eigenvalue weighted by Gasteiger charge is -2.13. The molecule has 0 bridgehead atoms. The first-order chi connectivity index (χ1) is 9.47. The minimum absolute atomic E-state index is 0.0303. The Morgan fingerprint density at radius 2 is 2.15 bits per heavy atom. The van der Waals surface area contributed by atoms with Gasteiger partial charge in [0.25, 0.3) is 0 Å². The van der Waals surface area contributed by atoms with E-state index in [1.807, 2.05) is 6.92 Å². The lowest BCUT2D eigenvalue weighted by Crippen LogP contribution is -2.43. The number of amides is 3. The molecule has 0 radical (unpaired) electrons. The van der Waals surface area contributed by atoms with Crippen LogP contribution in [-0.2, 0) is 9.59 Å². The summed E-state index contributed by atoms with van der Waals surface area (Å²) in [6.07, 6.45) is 2.81. The van der Waals surface area contributed by atoms with Gasteiger partial charge in [0, 0.05) is 32.0 Å². The van der Waals surface area contributed by atoms with Crippen molar-refractivity contribution in [3.05, 3.63) is 0 Å². The van der Waals surface area contributed by atoms with Gasteiger partial charge in [0.15, 0.2) is 0 Å². The van der Waals surface area contributed by atoms with Gasteiger partial charge >= 0.3 is 12.0 Å². The van der Waals surface area contributed by atoms with Gasteiger partial charge in [0.05, 0.1) is 0 Å². The molecule has 0 aromatic rings. The molecule has 114 valence electrons. The third-order valence-electron chi connectivity index (χ3n) is 3.37. The molecule has 20 heavy (non-hydrogen) atoms. The minimum Gasteiger partial charge on any atom is -0.481 e. The van der Waals surface area contributed by atoms with Crippen LogP contribution in [0.5, 0.6) is 0 Å². The normalized spacial score (nSPS) is 19.2. The van der Waals surface area contributed by atoms with Gasteiger partial charge in [-0.05, 0) is 25.2 Å². The van der Waals surface area contributed by atoms with Crippen molar-refractivity contribution in [1.29, 1.82) is 0 Å². The maximum atomic E-state index is 11.5. The maximum absolute atomic E-state index is 11.5. The molecule has 4 N–H and O–H groups in total. The Balaban J connectivity index is 2.02. The van der Waals surface area contributed by atoms with Crippen LogP contribution in [0.3, 0.4) is 0 Å². The Kier molecular flexibility index (Phi) is 6.83. The molecule has 0 saturated carbocycles. The molecule has 1 fully saturated rings. The summed E-state index contributed by atoms with van der Waals surface area (Å²) in [4.78, 5) is 32.9. The van der Waals surface area contributed by atoms with Crippen LogP contribution in [0.25, 0.3) is 0 Å². The Morgan fingerprint density at radius 3 is 2.75 bits per heavy atom. The molecule has 2 unspecified atom stereocenters. The van der Waals surface area contributed by atoms with E-state index in [0.29, 0.717) is 25.9 Å². The molecular weight excluding hydrogens is 262 g/mol. The van der Waals surface area contributed by atoms with Crippen LogP contribution in [0.1, 0.15) is 39.0 Å². The first-order valence-corrected chi connectivity index (χ1v) is 7.00. The van der Waals surface area contributed by atoms with Gasteiger partial charge in [-0.15, -0.1) is 0 Å². The lowest BCUT2D eigenvalue weighted by molar-refractivity contribution is -0.137.